The van der Waals surface area contributed by atoms with Gasteiger partial charge < -0.3 is 0 Å². The summed E-state index contributed by atoms with van der Waals surface area (Å²) in [7, 11) is 1.79. The number of rotatable bonds is 5. The topological polar surface area (TPSA) is 46.1 Å². The molecule has 0 saturated heterocycles. The zero-order valence-electron chi connectivity index (χ0n) is 13.1. The molecule has 1 heterocycles. The largest absolute Gasteiger partial charge is 0.298 e. The lowest BCUT2D eigenvalue weighted by molar-refractivity contribution is -0.118. The lowest BCUT2D eigenvalue weighted by Crippen LogP contribution is -2.28. The van der Waals surface area contributed by atoms with Crippen LogP contribution in [0.3, 0.4) is 0 Å². The van der Waals surface area contributed by atoms with E-state index in [0.717, 1.165) is 18.5 Å². The Labute approximate surface area is 131 Å². The number of nitrogens with zero attached hydrogens (tertiary/aromatic N) is 3. The molecule has 2 aromatic rings. The van der Waals surface area contributed by atoms with Gasteiger partial charge in [0.1, 0.15) is 0 Å². The number of carbonyl (C=O) groups excluding carboxylic acids is 1. The number of carbonyl (C=O) groups is 1. The molecule has 0 bridgehead atoms. The Balaban J connectivity index is 1.54. The van der Waals surface area contributed by atoms with Crippen LogP contribution in [-0.2, 0) is 11.2 Å². The van der Waals surface area contributed by atoms with Crippen molar-refractivity contribution in [3.05, 3.63) is 54.0 Å². The van der Waals surface area contributed by atoms with Crippen molar-refractivity contribution in [3.8, 4) is 0 Å². The van der Waals surface area contributed by atoms with Crippen molar-refractivity contribution in [2.24, 2.45) is 11.8 Å². The predicted molar refractivity (Wildman–Crippen MR) is 86.5 cm³/mol. The van der Waals surface area contributed by atoms with Crippen molar-refractivity contribution in [2.45, 2.75) is 26.2 Å². The summed E-state index contributed by atoms with van der Waals surface area (Å²) in [5.74, 6) is 1.94. The van der Waals surface area contributed by atoms with Gasteiger partial charge >= 0.3 is 0 Å². The van der Waals surface area contributed by atoms with Crippen LogP contribution in [0.15, 0.2) is 42.7 Å². The third-order valence-electron chi connectivity index (χ3n) is 4.39. The van der Waals surface area contributed by atoms with E-state index in [4.69, 9.17) is 0 Å². The average molecular weight is 295 g/mol. The monoisotopic (exact) mass is 295 g/mol. The van der Waals surface area contributed by atoms with Gasteiger partial charge in [0.25, 0.3) is 0 Å². The maximum Gasteiger partial charge on any atom is 0.228 e. The van der Waals surface area contributed by atoms with Gasteiger partial charge in [-0.05, 0) is 37.2 Å². The van der Waals surface area contributed by atoms with E-state index in [1.807, 2.05) is 13.0 Å². The molecule has 0 spiro atoms. The van der Waals surface area contributed by atoms with E-state index in [0.29, 0.717) is 24.1 Å². The molecule has 22 heavy (non-hydrogen) atoms. The van der Waals surface area contributed by atoms with E-state index < -0.39 is 0 Å². The molecular formula is C18H21N3O. The number of aromatic nitrogens is 2. The van der Waals surface area contributed by atoms with E-state index in [9.17, 15) is 4.79 Å². The molecule has 2 atom stereocenters. The van der Waals surface area contributed by atoms with E-state index in [1.54, 1.807) is 24.3 Å². The lowest BCUT2D eigenvalue weighted by atomic mass is 10.1. The SMILES string of the molecule is Cc1nccnc1N(C)C(=O)C[C@@H]1C[C@H]1Cc1ccccc1. The van der Waals surface area contributed by atoms with Gasteiger partial charge in [0.15, 0.2) is 5.82 Å². The molecule has 1 aromatic heterocycles. The van der Waals surface area contributed by atoms with Crippen LogP contribution in [0.2, 0.25) is 0 Å². The first kappa shape index (κ1) is 14.7. The molecule has 1 amide bonds. The van der Waals surface area contributed by atoms with Crippen LogP contribution in [0.25, 0.3) is 0 Å². The van der Waals surface area contributed by atoms with Gasteiger partial charge in [-0.2, -0.15) is 0 Å². The molecule has 114 valence electrons. The summed E-state index contributed by atoms with van der Waals surface area (Å²) in [6.45, 7) is 1.88. The Kier molecular flexibility index (Phi) is 4.18. The summed E-state index contributed by atoms with van der Waals surface area (Å²) in [5.41, 5.74) is 2.15. The van der Waals surface area contributed by atoms with Crippen LogP contribution in [0.4, 0.5) is 5.82 Å². The van der Waals surface area contributed by atoms with Crippen LogP contribution in [0.1, 0.15) is 24.1 Å². The minimum absolute atomic E-state index is 0.129. The molecule has 1 saturated carbocycles. The second-order valence-corrected chi connectivity index (χ2v) is 6.07. The highest BCUT2D eigenvalue weighted by atomic mass is 16.2. The fourth-order valence-electron chi connectivity index (χ4n) is 2.94. The van der Waals surface area contributed by atoms with E-state index in [-0.39, 0.29) is 5.91 Å². The van der Waals surface area contributed by atoms with Gasteiger partial charge in [-0.15, -0.1) is 0 Å². The van der Waals surface area contributed by atoms with Gasteiger partial charge in [-0.25, -0.2) is 4.98 Å². The molecule has 1 aliphatic rings. The number of hydrogen-bond acceptors (Lipinski definition) is 3. The summed E-state index contributed by atoms with van der Waals surface area (Å²) >= 11 is 0. The number of hydrogen-bond donors (Lipinski definition) is 0. The van der Waals surface area contributed by atoms with Crippen LogP contribution in [0.5, 0.6) is 0 Å². The highest BCUT2D eigenvalue weighted by molar-refractivity contribution is 5.92. The molecule has 3 rings (SSSR count). The van der Waals surface area contributed by atoms with Crippen molar-refractivity contribution < 1.29 is 4.79 Å². The smallest absolute Gasteiger partial charge is 0.228 e. The molecule has 4 nitrogen and oxygen atoms in total. The molecule has 0 radical (unpaired) electrons. The molecule has 0 aliphatic heterocycles. The quantitative estimate of drug-likeness (QED) is 0.852. The second kappa shape index (κ2) is 6.26. The van der Waals surface area contributed by atoms with Gasteiger partial charge in [-0.3, -0.25) is 14.7 Å². The predicted octanol–water partition coefficient (Wildman–Crippen LogP) is 3.02. The minimum atomic E-state index is 0.129. The first-order chi connectivity index (χ1) is 10.6. The Bertz CT molecular complexity index is 656. The van der Waals surface area contributed by atoms with E-state index >= 15 is 0 Å². The van der Waals surface area contributed by atoms with Crippen LogP contribution < -0.4 is 4.90 Å². The Morgan fingerprint density at radius 3 is 2.64 bits per heavy atom. The Morgan fingerprint density at radius 2 is 1.91 bits per heavy atom. The van der Waals surface area contributed by atoms with Gasteiger partial charge in [0.2, 0.25) is 5.91 Å². The van der Waals surface area contributed by atoms with Crippen molar-refractivity contribution in [1.29, 1.82) is 0 Å². The summed E-state index contributed by atoms with van der Waals surface area (Å²) in [5, 5.41) is 0. The molecule has 1 aliphatic carbocycles. The van der Waals surface area contributed by atoms with Crippen LogP contribution >= 0.6 is 0 Å². The summed E-state index contributed by atoms with van der Waals surface area (Å²) in [4.78, 5) is 22.5. The highest BCUT2D eigenvalue weighted by Gasteiger charge is 2.39. The first-order valence-corrected chi connectivity index (χ1v) is 7.73. The molecule has 4 heteroatoms. The van der Waals surface area contributed by atoms with Gasteiger partial charge in [0, 0.05) is 25.9 Å². The molecule has 1 aromatic carbocycles. The fourth-order valence-corrected chi connectivity index (χ4v) is 2.94. The third kappa shape index (κ3) is 3.32. The first-order valence-electron chi connectivity index (χ1n) is 7.73. The summed E-state index contributed by atoms with van der Waals surface area (Å²) in [6.07, 6.45) is 6.10. The zero-order chi connectivity index (χ0) is 15.5. The number of benzene rings is 1. The average Bonchev–Trinajstić information content (AvgIpc) is 3.25. The molecule has 0 N–H and O–H groups in total. The van der Waals surface area contributed by atoms with Crippen molar-refractivity contribution in [2.75, 3.05) is 11.9 Å². The third-order valence-corrected chi connectivity index (χ3v) is 4.39. The molecule has 0 unspecified atom stereocenters. The zero-order valence-corrected chi connectivity index (χ0v) is 13.1. The maximum absolute atomic E-state index is 12.4. The maximum atomic E-state index is 12.4. The van der Waals surface area contributed by atoms with Gasteiger partial charge in [-0.1, -0.05) is 30.3 Å². The number of amides is 1. The molecule has 1 fully saturated rings. The standard InChI is InChI=1S/C18H21N3O/c1-13-18(20-9-8-19-13)21(2)17(22)12-16-11-15(16)10-14-6-4-3-5-7-14/h3-9,15-16H,10-12H2,1-2H3/t15-,16+/m1/s1. The van der Waals surface area contributed by atoms with Gasteiger partial charge in [0.05, 0.1) is 5.69 Å². The summed E-state index contributed by atoms with van der Waals surface area (Å²) in [6, 6.07) is 10.5. The van der Waals surface area contributed by atoms with Crippen molar-refractivity contribution in [1.82, 2.24) is 9.97 Å². The second-order valence-electron chi connectivity index (χ2n) is 6.07. The Hall–Kier alpha value is -2.23. The van der Waals surface area contributed by atoms with Crippen LogP contribution in [-0.4, -0.2) is 22.9 Å². The highest BCUT2D eigenvalue weighted by Crippen LogP contribution is 2.43. The van der Waals surface area contributed by atoms with Crippen molar-refractivity contribution >= 4 is 11.7 Å². The lowest BCUT2D eigenvalue weighted by Gasteiger charge is -2.17. The number of aryl methyl sites for hydroxylation is 1. The fraction of sp³-hybridized carbons (Fsp3) is 0.389. The normalized spacial score (nSPS) is 19.7. The molecular weight excluding hydrogens is 274 g/mol. The Morgan fingerprint density at radius 1 is 1.18 bits per heavy atom. The van der Waals surface area contributed by atoms with E-state index in [2.05, 4.69) is 34.2 Å². The number of anilines is 1. The van der Waals surface area contributed by atoms with E-state index in [1.165, 1.54) is 5.56 Å². The summed E-state index contributed by atoms with van der Waals surface area (Å²) < 4.78 is 0. The minimum Gasteiger partial charge on any atom is -0.298 e. The van der Waals surface area contributed by atoms with Crippen LogP contribution in [0, 0.1) is 18.8 Å². The van der Waals surface area contributed by atoms with Crippen molar-refractivity contribution in [3.63, 3.8) is 0 Å².